The van der Waals surface area contributed by atoms with Crippen molar-refractivity contribution >= 4 is 12.1 Å². The maximum atomic E-state index is 2.59. The molecule has 3 heteroatoms. The Balaban J connectivity index is 0.00000130. The fourth-order valence-corrected chi connectivity index (χ4v) is 14.2. The summed E-state index contributed by atoms with van der Waals surface area (Å²) in [4.78, 5) is 0. The predicted molar refractivity (Wildman–Crippen MR) is 130 cm³/mol. The Labute approximate surface area is 217 Å². The van der Waals surface area contributed by atoms with Gasteiger partial charge in [0.15, 0.2) is 0 Å². The Morgan fingerprint density at radius 1 is 0.667 bits per heavy atom. The number of hydrogen-bond donors (Lipinski definition) is 0. The largest absolute Gasteiger partial charge is 1.00 e. The van der Waals surface area contributed by atoms with Gasteiger partial charge in [-0.15, -0.1) is 0 Å². The number of fused-ring (bicyclic) bond motifs is 3. The Kier molecular flexibility index (Phi) is 8.06. The van der Waals surface area contributed by atoms with Gasteiger partial charge in [0.2, 0.25) is 0 Å². The molecule has 6 rings (SSSR count). The van der Waals surface area contributed by atoms with Gasteiger partial charge in [0.05, 0.1) is 0 Å². The molecule has 0 amide bonds. The van der Waals surface area contributed by atoms with E-state index in [9.17, 15) is 0 Å². The summed E-state index contributed by atoms with van der Waals surface area (Å²) < 4.78 is 5.52. The SMILES string of the molecule is C1=C(c2ccccc2)C=[C]([Zr+2](=[C]2CCCCC2)[c]2cccc3c2Cc2ccccc2-3)C1.[Cl-].[Cl-]. The predicted octanol–water partition coefficient (Wildman–Crippen LogP) is 1.02. The number of hydrogen-bond acceptors (Lipinski definition) is 0. The second-order valence-corrected chi connectivity index (χ2v) is 15.6. The fraction of sp³-hybridized carbons (Fsp3) is 0.233. The summed E-state index contributed by atoms with van der Waals surface area (Å²) in [6, 6.07) is 27.3. The second-order valence-electron chi connectivity index (χ2n) is 9.10. The van der Waals surface area contributed by atoms with Crippen LogP contribution >= 0.6 is 0 Å². The summed E-state index contributed by atoms with van der Waals surface area (Å²) in [6.07, 6.45) is 14.4. The molecule has 0 heterocycles. The normalized spacial score (nSPS) is 15.8. The van der Waals surface area contributed by atoms with Gasteiger partial charge in [-0.2, -0.15) is 0 Å². The van der Waals surface area contributed by atoms with Crippen LogP contribution in [0.4, 0.5) is 0 Å². The number of allylic oxidation sites excluding steroid dienone is 4. The van der Waals surface area contributed by atoms with Crippen molar-refractivity contribution in [3.63, 3.8) is 0 Å². The zero-order chi connectivity index (χ0) is 20.6. The van der Waals surface area contributed by atoms with Gasteiger partial charge in [0.25, 0.3) is 0 Å². The van der Waals surface area contributed by atoms with Crippen LogP contribution in [0.5, 0.6) is 0 Å². The average Bonchev–Trinajstić information content (AvgIpc) is 3.46. The summed E-state index contributed by atoms with van der Waals surface area (Å²) in [5.74, 6) is 0. The van der Waals surface area contributed by atoms with Gasteiger partial charge in [-0.25, -0.2) is 0 Å². The molecule has 0 spiro atoms. The number of halogens is 2. The molecule has 3 aromatic rings. The van der Waals surface area contributed by atoms with Crippen LogP contribution in [0, 0.1) is 0 Å². The van der Waals surface area contributed by atoms with Gasteiger partial charge in [-0.05, 0) is 0 Å². The Morgan fingerprint density at radius 2 is 1.39 bits per heavy atom. The first kappa shape index (κ1) is 24.6. The zero-order valence-corrected chi connectivity index (χ0v) is 22.8. The molecule has 0 nitrogen and oxygen atoms in total. The van der Waals surface area contributed by atoms with Crippen molar-refractivity contribution in [1.29, 1.82) is 0 Å². The summed E-state index contributed by atoms with van der Waals surface area (Å²) in [5.41, 5.74) is 8.98. The molecule has 0 aromatic heterocycles. The molecule has 1 saturated carbocycles. The second kappa shape index (κ2) is 10.8. The van der Waals surface area contributed by atoms with E-state index in [0.717, 1.165) is 6.42 Å². The van der Waals surface area contributed by atoms with Crippen LogP contribution < -0.4 is 28.1 Å². The maximum absolute atomic E-state index is 2.59. The van der Waals surface area contributed by atoms with Gasteiger partial charge >= 0.3 is 194 Å². The monoisotopic (exact) mass is 548 g/mol. The van der Waals surface area contributed by atoms with E-state index in [4.69, 9.17) is 0 Å². The van der Waals surface area contributed by atoms with Crippen LogP contribution in [0.15, 0.2) is 88.2 Å². The molecule has 0 unspecified atom stereocenters. The Hall–Kier alpha value is -1.53. The topological polar surface area (TPSA) is 0 Å². The molecule has 3 aromatic carbocycles. The molecule has 33 heavy (non-hydrogen) atoms. The van der Waals surface area contributed by atoms with E-state index in [1.54, 1.807) is 12.1 Å². The first-order valence-electron chi connectivity index (χ1n) is 11.8. The minimum Gasteiger partial charge on any atom is -1.00 e. The number of rotatable bonds is 3. The van der Waals surface area contributed by atoms with E-state index in [2.05, 4.69) is 84.9 Å². The minimum absolute atomic E-state index is 0. The van der Waals surface area contributed by atoms with Crippen LogP contribution in [0.25, 0.3) is 16.7 Å². The van der Waals surface area contributed by atoms with Crippen LogP contribution in [-0.4, -0.2) is 3.21 Å². The van der Waals surface area contributed by atoms with Crippen molar-refractivity contribution in [2.75, 3.05) is 0 Å². The van der Waals surface area contributed by atoms with Gasteiger partial charge in [0.1, 0.15) is 0 Å². The van der Waals surface area contributed by atoms with Gasteiger partial charge < -0.3 is 24.8 Å². The van der Waals surface area contributed by atoms with E-state index in [1.165, 1.54) is 66.4 Å². The summed E-state index contributed by atoms with van der Waals surface area (Å²) >= 11 is -2.09. The van der Waals surface area contributed by atoms with Crippen molar-refractivity contribution in [2.45, 2.75) is 44.9 Å². The molecule has 0 N–H and O–H groups in total. The molecule has 166 valence electrons. The standard InChI is InChI=1S/C13H9.C11H9.C6H10.2ClH.Zr/c1-3-7-12-10(5-1)9-11-6-2-4-8-13(11)12;1-2-6-10(7-3-1)11-8-4-5-9-11;1-2-4-6-5-3-1;;;/h1-5,7-8H,9H2;1-3,6-9H,4H2;1-5H2;2*1H;/q;;;;;+2/p-2. The van der Waals surface area contributed by atoms with Gasteiger partial charge in [-0.1, -0.05) is 0 Å². The van der Waals surface area contributed by atoms with Crippen LogP contribution in [0.3, 0.4) is 0 Å². The third-order valence-corrected chi connectivity index (χ3v) is 15.1. The van der Waals surface area contributed by atoms with E-state index >= 15 is 0 Å². The maximum Gasteiger partial charge on any atom is -1.00 e. The number of benzene rings is 3. The smallest absolute Gasteiger partial charge is 1.00 e. The first-order chi connectivity index (χ1) is 15.4. The quantitative estimate of drug-likeness (QED) is 0.358. The van der Waals surface area contributed by atoms with Crippen molar-refractivity contribution in [3.05, 3.63) is 105 Å². The van der Waals surface area contributed by atoms with Crippen molar-refractivity contribution in [2.24, 2.45) is 0 Å². The zero-order valence-electron chi connectivity index (χ0n) is 18.8. The summed E-state index contributed by atoms with van der Waals surface area (Å²) in [7, 11) is 0. The van der Waals surface area contributed by atoms with E-state index in [1.807, 2.05) is 3.21 Å². The third kappa shape index (κ3) is 4.70. The van der Waals surface area contributed by atoms with E-state index in [0.29, 0.717) is 0 Å². The van der Waals surface area contributed by atoms with Crippen molar-refractivity contribution in [3.8, 4) is 11.1 Å². The van der Waals surface area contributed by atoms with Gasteiger partial charge in [0, 0.05) is 0 Å². The average molecular weight is 551 g/mol. The van der Waals surface area contributed by atoms with Crippen LogP contribution in [-0.2, 0) is 27.7 Å². The Morgan fingerprint density at radius 3 is 2.21 bits per heavy atom. The molecule has 1 fully saturated rings. The van der Waals surface area contributed by atoms with Crippen LogP contribution in [0.2, 0.25) is 0 Å². The van der Waals surface area contributed by atoms with Crippen molar-refractivity contribution < 1.29 is 46.1 Å². The van der Waals surface area contributed by atoms with E-state index in [-0.39, 0.29) is 24.8 Å². The van der Waals surface area contributed by atoms with Gasteiger partial charge in [-0.3, -0.25) is 0 Å². The molecule has 0 radical (unpaired) electrons. The first-order valence-corrected chi connectivity index (χ1v) is 15.5. The third-order valence-electron chi connectivity index (χ3n) is 7.23. The molecule has 0 aliphatic heterocycles. The Bertz CT molecular complexity index is 1240. The molecule has 3 aliphatic rings. The molecule has 0 saturated heterocycles. The van der Waals surface area contributed by atoms with Crippen LogP contribution in [0.1, 0.15) is 55.2 Å². The summed E-state index contributed by atoms with van der Waals surface area (Å²) in [6.45, 7) is 0. The molecular weight excluding hydrogens is 522 g/mol. The molecule has 0 atom stereocenters. The minimum atomic E-state index is -2.09. The van der Waals surface area contributed by atoms with Crippen molar-refractivity contribution in [1.82, 2.24) is 0 Å². The summed E-state index contributed by atoms with van der Waals surface area (Å²) in [5, 5.41) is 0. The molecule has 0 bridgehead atoms. The molecule has 3 aliphatic carbocycles. The molecular formula is C30H28Cl2Zr. The van der Waals surface area contributed by atoms with E-state index < -0.39 is 21.3 Å². The fourth-order valence-electron chi connectivity index (χ4n) is 5.74.